The van der Waals surface area contributed by atoms with Crippen LogP contribution in [0.3, 0.4) is 0 Å². The SMILES string of the molecule is Cc1ccc(CN2CCC(CNC(=O)OC(C)(C)C)CC2)cc1. The second-order valence-electron chi connectivity index (χ2n) is 7.59. The predicted molar refractivity (Wildman–Crippen MR) is 93.4 cm³/mol. The zero-order valence-electron chi connectivity index (χ0n) is 14.9. The van der Waals surface area contributed by atoms with Gasteiger partial charge < -0.3 is 10.1 Å². The molecule has 0 radical (unpaired) electrons. The molecule has 0 bridgehead atoms. The van der Waals surface area contributed by atoms with Crippen LogP contribution in [0.25, 0.3) is 0 Å². The summed E-state index contributed by atoms with van der Waals surface area (Å²) < 4.78 is 5.28. The molecule has 23 heavy (non-hydrogen) atoms. The molecule has 0 aliphatic carbocycles. The largest absolute Gasteiger partial charge is 0.444 e. The lowest BCUT2D eigenvalue weighted by Crippen LogP contribution is -2.40. The van der Waals surface area contributed by atoms with Gasteiger partial charge in [-0.15, -0.1) is 0 Å². The summed E-state index contributed by atoms with van der Waals surface area (Å²) in [5.74, 6) is 0.553. The minimum Gasteiger partial charge on any atom is -0.444 e. The van der Waals surface area contributed by atoms with Crippen molar-refractivity contribution in [1.29, 1.82) is 0 Å². The van der Waals surface area contributed by atoms with E-state index in [1.165, 1.54) is 11.1 Å². The third-order valence-corrected chi connectivity index (χ3v) is 4.17. The fourth-order valence-electron chi connectivity index (χ4n) is 2.84. The van der Waals surface area contributed by atoms with Crippen LogP contribution in [0.4, 0.5) is 4.79 Å². The number of hydrogen-bond acceptors (Lipinski definition) is 3. The molecule has 0 unspecified atom stereocenters. The van der Waals surface area contributed by atoms with Crippen molar-refractivity contribution in [2.75, 3.05) is 19.6 Å². The molecule has 0 aromatic heterocycles. The Morgan fingerprint density at radius 3 is 2.39 bits per heavy atom. The van der Waals surface area contributed by atoms with E-state index in [0.29, 0.717) is 12.5 Å². The van der Waals surface area contributed by atoms with Crippen LogP contribution in [0.15, 0.2) is 24.3 Å². The van der Waals surface area contributed by atoms with Crippen LogP contribution in [0.1, 0.15) is 44.7 Å². The van der Waals surface area contributed by atoms with Crippen molar-refractivity contribution in [3.05, 3.63) is 35.4 Å². The molecule has 2 rings (SSSR count). The number of likely N-dealkylation sites (tertiary alicyclic amines) is 1. The lowest BCUT2D eigenvalue weighted by molar-refractivity contribution is 0.0509. The maximum atomic E-state index is 11.7. The van der Waals surface area contributed by atoms with Crippen molar-refractivity contribution in [3.8, 4) is 0 Å². The molecule has 4 nitrogen and oxygen atoms in total. The first-order valence-electron chi connectivity index (χ1n) is 8.56. The van der Waals surface area contributed by atoms with Gasteiger partial charge in [0.05, 0.1) is 0 Å². The summed E-state index contributed by atoms with van der Waals surface area (Å²) in [6.45, 7) is 11.7. The van der Waals surface area contributed by atoms with Crippen LogP contribution in [0, 0.1) is 12.8 Å². The van der Waals surface area contributed by atoms with Crippen molar-refractivity contribution >= 4 is 6.09 Å². The van der Waals surface area contributed by atoms with Crippen LogP contribution in [0.2, 0.25) is 0 Å². The smallest absolute Gasteiger partial charge is 0.407 e. The Hall–Kier alpha value is -1.55. The molecule has 128 valence electrons. The predicted octanol–water partition coefficient (Wildman–Crippen LogP) is 3.73. The van der Waals surface area contributed by atoms with Gasteiger partial charge in [-0.1, -0.05) is 29.8 Å². The van der Waals surface area contributed by atoms with Crippen molar-refractivity contribution in [3.63, 3.8) is 0 Å². The molecule has 1 aliphatic rings. The van der Waals surface area contributed by atoms with Gasteiger partial charge >= 0.3 is 6.09 Å². The summed E-state index contributed by atoms with van der Waals surface area (Å²) in [4.78, 5) is 14.2. The minimum absolute atomic E-state index is 0.306. The van der Waals surface area contributed by atoms with Crippen molar-refractivity contribution < 1.29 is 9.53 Å². The third kappa shape index (κ3) is 6.61. The van der Waals surface area contributed by atoms with E-state index in [-0.39, 0.29) is 6.09 Å². The Morgan fingerprint density at radius 2 is 1.83 bits per heavy atom. The molecular formula is C19H30N2O2. The number of aryl methyl sites for hydroxylation is 1. The van der Waals surface area contributed by atoms with Gasteiger partial charge in [0.1, 0.15) is 5.60 Å². The number of ether oxygens (including phenoxy) is 1. The second kappa shape index (κ2) is 7.82. The number of alkyl carbamates (subject to hydrolysis) is 1. The Morgan fingerprint density at radius 1 is 1.22 bits per heavy atom. The highest BCUT2D eigenvalue weighted by atomic mass is 16.6. The molecule has 0 spiro atoms. The molecule has 1 N–H and O–H groups in total. The molecule has 0 saturated carbocycles. The highest BCUT2D eigenvalue weighted by Crippen LogP contribution is 2.19. The second-order valence-corrected chi connectivity index (χ2v) is 7.59. The number of nitrogens with zero attached hydrogens (tertiary/aromatic N) is 1. The molecule has 1 amide bonds. The van der Waals surface area contributed by atoms with E-state index in [9.17, 15) is 4.79 Å². The maximum absolute atomic E-state index is 11.7. The fourth-order valence-corrected chi connectivity index (χ4v) is 2.84. The van der Waals surface area contributed by atoms with Crippen LogP contribution in [-0.2, 0) is 11.3 Å². The Bertz CT molecular complexity index is 497. The van der Waals surface area contributed by atoms with Crippen molar-refractivity contribution in [1.82, 2.24) is 10.2 Å². The summed E-state index contributed by atoms with van der Waals surface area (Å²) in [5, 5.41) is 2.90. The molecular weight excluding hydrogens is 288 g/mol. The van der Waals surface area contributed by atoms with Gasteiger partial charge in [-0.25, -0.2) is 4.79 Å². The molecule has 1 heterocycles. The van der Waals surface area contributed by atoms with Crippen molar-refractivity contribution in [2.24, 2.45) is 5.92 Å². The quantitative estimate of drug-likeness (QED) is 0.919. The molecule has 1 aliphatic heterocycles. The summed E-state index contributed by atoms with van der Waals surface area (Å²) in [6, 6.07) is 8.77. The van der Waals surface area contributed by atoms with Gasteiger partial charge in [0.15, 0.2) is 0 Å². The number of piperidine rings is 1. The van der Waals surface area contributed by atoms with Gasteiger partial charge in [0.25, 0.3) is 0 Å². The number of rotatable bonds is 4. The first-order valence-corrected chi connectivity index (χ1v) is 8.56. The Labute approximate surface area is 140 Å². The molecule has 1 saturated heterocycles. The topological polar surface area (TPSA) is 41.6 Å². The van der Waals surface area contributed by atoms with E-state index in [1.54, 1.807) is 0 Å². The minimum atomic E-state index is -0.429. The number of benzene rings is 1. The lowest BCUT2D eigenvalue weighted by atomic mass is 9.96. The highest BCUT2D eigenvalue weighted by Gasteiger charge is 2.21. The van der Waals surface area contributed by atoms with E-state index < -0.39 is 5.60 Å². The monoisotopic (exact) mass is 318 g/mol. The van der Waals surface area contributed by atoms with Crippen LogP contribution >= 0.6 is 0 Å². The molecule has 1 fully saturated rings. The Balaban J connectivity index is 1.67. The van der Waals surface area contributed by atoms with Crippen molar-refractivity contribution in [2.45, 2.75) is 52.7 Å². The summed E-state index contributed by atoms with van der Waals surface area (Å²) >= 11 is 0. The zero-order valence-corrected chi connectivity index (χ0v) is 14.9. The average Bonchev–Trinajstić information content (AvgIpc) is 2.47. The number of hydrogen-bond donors (Lipinski definition) is 1. The highest BCUT2D eigenvalue weighted by molar-refractivity contribution is 5.67. The molecule has 1 aromatic carbocycles. The first-order chi connectivity index (χ1) is 10.8. The number of carbonyl (C=O) groups excluding carboxylic acids is 1. The van der Waals surface area contributed by atoms with Gasteiger partial charge in [0, 0.05) is 13.1 Å². The summed E-state index contributed by atoms with van der Waals surface area (Å²) in [7, 11) is 0. The fraction of sp³-hybridized carbons (Fsp3) is 0.632. The first kappa shape index (κ1) is 17.8. The molecule has 4 heteroatoms. The van der Waals surface area contributed by atoms with Gasteiger partial charge in [0.2, 0.25) is 0 Å². The van der Waals surface area contributed by atoms with Gasteiger partial charge in [-0.3, -0.25) is 4.90 Å². The summed E-state index contributed by atoms with van der Waals surface area (Å²) in [6.07, 6.45) is 1.95. The Kier molecular flexibility index (Phi) is 6.05. The average molecular weight is 318 g/mol. The van der Waals surface area contributed by atoms with Gasteiger partial charge in [-0.2, -0.15) is 0 Å². The number of carbonyl (C=O) groups is 1. The van der Waals surface area contributed by atoms with Crippen LogP contribution < -0.4 is 5.32 Å². The molecule has 1 aromatic rings. The van der Waals surface area contributed by atoms with E-state index >= 15 is 0 Å². The van der Waals surface area contributed by atoms with E-state index in [1.807, 2.05) is 20.8 Å². The lowest BCUT2D eigenvalue weighted by Gasteiger charge is -2.32. The maximum Gasteiger partial charge on any atom is 0.407 e. The van der Waals surface area contributed by atoms with Crippen LogP contribution in [0.5, 0.6) is 0 Å². The number of amides is 1. The third-order valence-electron chi connectivity index (χ3n) is 4.17. The standard InChI is InChI=1S/C19H30N2O2/c1-15-5-7-17(8-6-15)14-21-11-9-16(10-12-21)13-20-18(22)23-19(2,3)4/h5-8,16H,9-14H2,1-4H3,(H,20,22). The number of nitrogens with one attached hydrogen (secondary N) is 1. The van der Waals surface area contributed by atoms with E-state index in [2.05, 4.69) is 41.4 Å². The van der Waals surface area contributed by atoms with Crippen LogP contribution in [-0.4, -0.2) is 36.2 Å². The van der Waals surface area contributed by atoms with E-state index in [4.69, 9.17) is 4.74 Å². The van der Waals surface area contributed by atoms with Gasteiger partial charge in [-0.05, 0) is 65.1 Å². The summed E-state index contributed by atoms with van der Waals surface area (Å²) in [5.41, 5.74) is 2.25. The van der Waals surface area contributed by atoms with E-state index in [0.717, 1.165) is 32.5 Å². The molecule has 0 atom stereocenters. The zero-order chi connectivity index (χ0) is 16.9. The normalized spacial score (nSPS) is 17.0.